The monoisotopic (exact) mass is 264 g/mol. The molecule has 19 heavy (non-hydrogen) atoms. The largest absolute Gasteiger partial charge is 0.497 e. The minimum Gasteiger partial charge on any atom is -0.497 e. The standard InChI is InChI=1S/C13H16N2O4/c1-18-11-5-3-10(4-6-11)14-12(16)9-15-7-2-8-19-13(15)17/h3-6H,2,7-9H2,1H3,(H,14,16). The van der Waals surface area contributed by atoms with Crippen LogP contribution in [0.4, 0.5) is 10.5 Å². The number of hydrogen-bond donors (Lipinski definition) is 1. The van der Waals surface area contributed by atoms with Gasteiger partial charge in [-0.1, -0.05) is 0 Å². The van der Waals surface area contributed by atoms with Gasteiger partial charge in [0.05, 0.1) is 13.7 Å². The second-order valence-corrected chi connectivity index (χ2v) is 4.17. The van der Waals surface area contributed by atoms with E-state index in [1.807, 2.05) is 0 Å². The summed E-state index contributed by atoms with van der Waals surface area (Å²) < 4.78 is 9.89. The molecule has 1 fully saturated rings. The van der Waals surface area contributed by atoms with Gasteiger partial charge in [0.15, 0.2) is 0 Å². The molecule has 1 saturated heterocycles. The van der Waals surface area contributed by atoms with Crippen molar-refractivity contribution < 1.29 is 19.1 Å². The third-order valence-corrected chi connectivity index (χ3v) is 2.76. The maximum atomic E-state index is 11.8. The molecule has 0 unspecified atom stereocenters. The Labute approximate surface area is 111 Å². The zero-order valence-corrected chi connectivity index (χ0v) is 10.7. The van der Waals surface area contributed by atoms with Crippen LogP contribution in [0.15, 0.2) is 24.3 Å². The summed E-state index contributed by atoms with van der Waals surface area (Å²) in [5.41, 5.74) is 0.663. The number of amides is 2. The van der Waals surface area contributed by atoms with E-state index in [2.05, 4.69) is 5.32 Å². The highest BCUT2D eigenvalue weighted by Crippen LogP contribution is 2.15. The number of nitrogens with zero attached hydrogens (tertiary/aromatic N) is 1. The van der Waals surface area contributed by atoms with Crippen molar-refractivity contribution in [3.8, 4) is 5.75 Å². The van der Waals surface area contributed by atoms with Gasteiger partial charge in [0.25, 0.3) is 0 Å². The number of carbonyl (C=O) groups excluding carboxylic acids is 2. The highest BCUT2D eigenvalue weighted by Gasteiger charge is 2.21. The topological polar surface area (TPSA) is 67.9 Å². The predicted octanol–water partition coefficient (Wildman–Crippen LogP) is 1.48. The van der Waals surface area contributed by atoms with Crippen LogP contribution < -0.4 is 10.1 Å². The van der Waals surface area contributed by atoms with E-state index in [9.17, 15) is 9.59 Å². The highest BCUT2D eigenvalue weighted by molar-refractivity contribution is 5.93. The smallest absolute Gasteiger partial charge is 0.410 e. The summed E-state index contributed by atoms with van der Waals surface area (Å²) in [6.45, 7) is 0.981. The van der Waals surface area contributed by atoms with Crippen LogP contribution in [0.25, 0.3) is 0 Å². The van der Waals surface area contributed by atoms with Gasteiger partial charge in [-0.25, -0.2) is 4.79 Å². The maximum Gasteiger partial charge on any atom is 0.410 e. The molecule has 2 rings (SSSR count). The quantitative estimate of drug-likeness (QED) is 0.894. The van der Waals surface area contributed by atoms with Crippen LogP contribution in [0.5, 0.6) is 5.75 Å². The van der Waals surface area contributed by atoms with Gasteiger partial charge in [-0.3, -0.25) is 9.69 Å². The normalized spacial score (nSPS) is 14.8. The summed E-state index contributed by atoms with van der Waals surface area (Å²) in [6.07, 6.45) is 0.317. The van der Waals surface area contributed by atoms with Crippen molar-refractivity contribution >= 4 is 17.7 Å². The molecule has 1 aliphatic heterocycles. The Hall–Kier alpha value is -2.24. The minimum atomic E-state index is -0.434. The molecule has 1 aromatic carbocycles. The zero-order valence-electron chi connectivity index (χ0n) is 10.7. The second-order valence-electron chi connectivity index (χ2n) is 4.17. The van der Waals surface area contributed by atoms with Gasteiger partial charge in [0.1, 0.15) is 12.3 Å². The number of anilines is 1. The van der Waals surface area contributed by atoms with E-state index in [1.54, 1.807) is 31.4 Å². The van der Waals surface area contributed by atoms with Crippen molar-refractivity contribution in [3.63, 3.8) is 0 Å². The number of carbonyl (C=O) groups is 2. The van der Waals surface area contributed by atoms with Crippen LogP contribution in [-0.2, 0) is 9.53 Å². The minimum absolute atomic E-state index is 0.00482. The van der Waals surface area contributed by atoms with E-state index in [1.165, 1.54) is 4.90 Å². The second kappa shape index (κ2) is 6.08. The lowest BCUT2D eigenvalue weighted by atomic mass is 10.3. The first kappa shape index (κ1) is 13.2. The fourth-order valence-corrected chi connectivity index (χ4v) is 1.79. The van der Waals surface area contributed by atoms with Crippen LogP contribution in [0, 0.1) is 0 Å². The van der Waals surface area contributed by atoms with Crippen molar-refractivity contribution in [1.29, 1.82) is 0 Å². The molecule has 0 atom stereocenters. The average Bonchev–Trinajstić information content (AvgIpc) is 2.42. The van der Waals surface area contributed by atoms with E-state index in [0.29, 0.717) is 18.8 Å². The molecule has 0 bridgehead atoms. The number of ether oxygens (including phenoxy) is 2. The number of benzene rings is 1. The number of cyclic esters (lactones) is 1. The van der Waals surface area contributed by atoms with Crippen molar-refractivity contribution in [3.05, 3.63) is 24.3 Å². The highest BCUT2D eigenvalue weighted by atomic mass is 16.6. The molecule has 1 aliphatic rings. The molecular weight excluding hydrogens is 248 g/mol. The Bertz CT molecular complexity index is 458. The van der Waals surface area contributed by atoms with Gasteiger partial charge in [-0.2, -0.15) is 0 Å². The van der Waals surface area contributed by atoms with Gasteiger partial charge < -0.3 is 14.8 Å². The van der Waals surface area contributed by atoms with Crippen molar-refractivity contribution in [2.24, 2.45) is 0 Å². The fourth-order valence-electron chi connectivity index (χ4n) is 1.79. The first-order valence-corrected chi connectivity index (χ1v) is 6.04. The van der Waals surface area contributed by atoms with Crippen molar-refractivity contribution in [1.82, 2.24) is 4.90 Å². The first-order chi connectivity index (χ1) is 9.19. The lowest BCUT2D eigenvalue weighted by Crippen LogP contribution is -2.42. The molecule has 102 valence electrons. The van der Waals surface area contributed by atoms with E-state index in [-0.39, 0.29) is 12.5 Å². The lowest BCUT2D eigenvalue weighted by molar-refractivity contribution is -0.117. The van der Waals surface area contributed by atoms with Crippen LogP contribution >= 0.6 is 0 Å². The Balaban J connectivity index is 1.87. The van der Waals surface area contributed by atoms with Crippen molar-refractivity contribution in [2.75, 3.05) is 32.1 Å². The van der Waals surface area contributed by atoms with E-state index in [4.69, 9.17) is 9.47 Å². The molecule has 1 heterocycles. The summed E-state index contributed by atoms with van der Waals surface area (Å²) in [7, 11) is 1.58. The van der Waals surface area contributed by atoms with Gasteiger partial charge in [-0.15, -0.1) is 0 Å². The average molecular weight is 264 g/mol. The number of rotatable bonds is 4. The van der Waals surface area contributed by atoms with Crippen LogP contribution in [0.1, 0.15) is 6.42 Å². The predicted molar refractivity (Wildman–Crippen MR) is 69.2 cm³/mol. The van der Waals surface area contributed by atoms with E-state index >= 15 is 0 Å². The molecule has 0 spiro atoms. The summed E-state index contributed by atoms with van der Waals surface area (Å²) in [5.74, 6) is 0.474. The Morgan fingerprint density at radius 3 is 2.79 bits per heavy atom. The zero-order chi connectivity index (χ0) is 13.7. The summed E-state index contributed by atoms with van der Waals surface area (Å²) in [6, 6.07) is 6.99. The SMILES string of the molecule is COc1ccc(NC(=O)CN2CCCOC2=O)cc1. The molecule has 2 amide bonds. The molecule has 6 nitrogen and oxygen atoms in total. The summed E-state index contributed by atoms with van der Waals surface area (Å²) >= 11 is 0. The fraction of sp³-hybridized carbons (Fsp3) is 0.385. The molecule has 6 heteroatoms. The number of nitrogens with one attached hydrogen (secondary N) is 1. The molecule has 0 radical (unpaired) electrons. The third kappa shape index (κ3) is 3.61. The first-order valence-electron chi connectivity index (χ1n) is 6.04. The molecule has 0 aromatic heterocycles. The lowest BCUT2D eigenvalue weighted by Gasteiger charge is -2.25. The molecular formula is C13H16N2O4. The Morgan fingerprint density at radius 2 is 2.16 bits per heavy atom. The third-order valence-electron chi connectivity index (χ3n) is 2.76. The van der Waals surface area contributed by atoms with Gasteiger partial charge >= 0.3 is 6.09 Å². The molecule has 0 aliphatic carbocycles. The maximum absolute atomic E-state index is 11.8. The molecule has 0 saturated carbocycles. The molecule has 1 aromatic rings. The van der Waals surface area contributed by atoms with Gasteiger partial charge in [-0.05, 0) is 30.7 Å². The summed E-state index contributed by atoms with van der Waals surface area (Å²) in [5, 5.41) is 2.72. The van der Waals surface area contributed by atoms with Crippen LogP contribution in [0.2, 0.25) is 0 Å². The summed E-state index contributed by atoms with van der Waals surface area (Å²) in [4.78, 5) is 24.6. The van der Waals surface area contributed by atoms with E-state index < -0.39 is 6.09 Å². The van der Waals surface area contributed by atoms with Gasteiger partial charge in [0.2, 0.25) is 5.91 Å². The van der Waals surface area contributed by atoms with Gasteiger partial charge in [0, 0.05) is 12.2 Å². The Morgan fingerprint density at radius 1 is 1.42 bits per heavy atom. The van der Waals surface area contributed by atoms with E-state index in [0.717, 1.165) is 12.2 Å². The number of methoxy groups -OCH3 is 1. The molecule has 1 N–H and O–H groups in total. The van der Waals surface area contributed by atoms with Crippen LogP contribution in [0.3, 0.4) is 0 Å². The van der Waals surface area contributed by atoms with Crippen molar-refractivity contribution in [2.45, 2.75) is 6.42 Å². The Kier molecular flexibility index (Phi) is 4.22. The van der Waals surface area contributed by atoms with Crippen LogP contribution in [-0.4, -0.2) is 43.7 Å². The number of hydrogen-bond acceptors (Lipinski definition) is 4.